The smallest absolute Gasteiger partial charge is 0.234 e. The highest BCUT2D eigenvalue weighted by molar-refractivity contribution is 14.1. The molecule has 0 saturated heterocycles. The predicted octanol–water partition coefficient (Wildman–Crippen LogP) is 5.60. The number of hydrogen-bond donors (Lipinski definition) is 1. The Hall–Kier alpha value is -2.33. The first-order valence-corrected chi connectivity index (χ1v) is 11.9. The van der Waals surface area contributed by atoms with Crippen LogP contribution >= 0.6 is 34.4 Å². The van der Waals surface area contributed by atoms with Gasteiger partial charge < -0.3 is 10.1 Å². The molecule has 2 aromatic carbocycles. The van der Waals surface area contributed by atoms with Crippen molar-refractivity contribution in [1.82, 2.24) is 14.8 Å². The number of hydrogen-bond acceptors (Lipinski definition) is 5. The lowest BCUT2D eigenvalue weighted by Crippen LogP contribution is -2.16. The maximum atomic E-state index is 12.6. The van der Waals surface area contributed by atoms with Gasteiger partial charge in [-0.3, -0.25) is 9.36 Å². The van der Waals surface area contributed by atoms with Crippen molar-refractivity contribution in [2.24, 2.45) is 0 Å². The number of ether oxygens (including phenoxy) is 1. The molecule has 6 nitrogen and oxygen atoms in total. The minimum absolute atomic E-state index is 0.0766. The summed E-state index contributed by atoms with van der Waals surface area (Å²) in [5.41, 5.74) is 2.90. The lowest BCUT2D eigenvalue weighted by Gasteiger charge is -2.14. The molecular formula is C23H25IN4O2S. The van der Waals surface area contributed by atoms with Crippen molar-refractivity contribution in [3.8, 4) is 17.1 Å². The predicted molar refractivity (Wildman–Crippen MR) is 135 cm³/mol. The molecule has 3 aromatic rings. The van der Waals surface area contributed by atoms with Gasteiger partial charge in [-0.1, -0.05) is 31.7 Å². The molecule has 0 aliphatic heterocycles. The zero-order valence-corrected chi connectivity index (χ0v) is 20.7. The van der Waals surface area contributed by atoms with Crippen molar-refractivity contribution in [2.75, 3.05) is 18.2 Å². The van der Waals surface area contributed by atoms with Crippen LogP contribution in [0.25, 0.3) is 11.4 Å². The number of carbonyl (C=O) groups excluding carboxylic acids is 1. The van der Waals surface area contributed by atoms with Crippen molar-refractivity contribution in [2.45, 2.75) is 31.5 Å². The largest absolute Gasteiger partial charge is 0.497 e. The zero-order valence-electron chi connectivity index (χ0n) is 17.8. The molecule has 1 N–H and O–H groups in total. The average Bonchev–Trinajstić information content (AvgIpc) is 3.16. The number of methoxy groups -OCH3 is 1. The van der Waals surface area contributed by atoms with Crippen LogP contribution in [0.15, 0.2) is 60.3 Å². The third-order valence-corrected chi connectivity index (χ3v) is 6.26. The Bertz CT molecular complexity index is 1060. The second-order valence-corrected chi connectivity index (χ2v) is 9.35. The van der Waals surface area contributed by atoms with Crippen molar-refractivity contribution in [3.05, 3.63) is 64.3 Å². The van der Waals surface area contributed by atoms with Crippen LogP contribution in [0.3, 0.4) is 0 Å². The number of amides is 1. The van der Waals surface area contributed by atoms with Crippen LogP contribution < -0.4 is 10.1 Å². The summed E-state index contributed by atoms with van der Waals surface area (Å²) in [4.78, 5) is 12.6. The number of thioether (sulfide) groups is 1. The Morgan fingerprint density at radius 3 is 2.65 bits per heavy atom. The van der Waals surface area contributed by atoms with Crippen LogP contribution in [0, 0.1) is 3.57 Å². The first kappa shape index (κ1) is 23.3. The SMILES string of the molecule is C=CCn1c(SCC(=O)Nc2ccc(I)cc2C(C)C)nnc1-c1ccc(OC)cc1. The number of nitrogens with one attached hydrogen (secondary N) is 1. The Kier molecular flexibility index (Phi) is 8.14. The summed E-state index contributed by atoms with van der Waals surface area (Å²) in [7, 11) is 1.63. The Labute approximate surface area is 200 Å². The van der Waals surface area contributed by atoms with Gasteiger partial charge in [0.05, 0.1) is 12.9 Å². The fourth-order valence-corrected chi connectivity index (χ4v) is 4.35. The molecule has 0 aliphatic rings. The summed E-state index contributed by atoms with van der Waals surface area (Å²) >= 11 is 3.64. The zero-order chi connectivity index (χ0) is 22.4. The van der Waals surface area contributed by atoms with E-state index in [1.54, 1.807) is 13.2 Å². The minimum Gasteiger partial charge on any atom is -0.497 e. The summed E-state index contributed by atoms with van der Waals surface area (Å²) in [6.45, 7) is 8.62. The van der Waals surface area contributed by atoms with Crippen LogP contribution in [-0.4, -0.2) is 33.5 Å². The van der Waals surface area contributed by atoms with Crippen molar-refractivity contribution >= 4 is 45.9 Å². The summed E-state index contributed by atoms with van der Waals surface area (Å²) in [5, 5.41) is 12.4. The van der Waals surface area contributed by atoms with E-state index in [1.165, 1.54) is 11.8 Å². The molecular weight excluding hydrogens is 523 g/mol. The van der Waals surface area contributed by atoms with Gasteiger partial charge >= 0.3 is 0 Å². The van der Waals surface area contributed by atoms with E-state index >= 15 is 0 Å². The van der Waals surface area contributed by atoms with E-state index in [0.29, 0.717) is 17.6 Å². The van der Waals surface area contributed by atoms with Gasteiger partial charge in [0.1, 0.15) is 5.75 Å². The van der Waals surface area contributed by atoms with E-state index in [0.717, 1.165) is 32.0 Å². The highest BCUT2D eigenvalue weighted by atomic mass is 127. The van der Waals surface area contributed by atoms with E-state index in [9.17, 15) is 4.79 Å². The summed E-state index contributed by atoms with van der Waals surface area (Å²) in [6.07, 6.45) is 1.79. The van der Waals surface area contributed by atoms with Crippen molar-refractivity contribution < 1.29 is 9.53 Å². The first-order valence-electron chi connectivity index (χ1n) is 9.83. The molecule has 0 unspecified atom stereocenters. The monoisotopic (exact) mass is 548 g/mol. The Balaban J connectivity index is 1.73. The van der Waals surface area contributed by atoms with Gasteiger partial charge in [0, 0.05) is 21.4 Å². The number of rotatable bonds is 9. The summed E-state index contributed by atoms with van der Waals surface area (Å²) in [6, 6.07) is 13.7. The topological polar surface area (TPSA) is 69.0 Å². The molecule has 0 aliphatic carbocycles. The number of benzene rings is 2. The molecule has 0 radical (unpaired) electrons. The van der Waals surface area contributed by atoms with Crippen LogP contribution in [0.2, 0.25) is 0 Å². The van der Waals surface area contributed by atoms with Gasteiger partial charge in [-0.05, 0) is 76.5 Å². The molecule has 31 heavy (non-hydrogen) atoms. The molecule has 0 spiro atoms. The Morgan fingerprint density at radius 1 is 1.26 bits per heavy atom. The third-order valence-electron chi connectivity index (χ3n) is 4.62. The number of allylic oxidation sites excluding steroid dienone is 1. The van der Waals surface area contributed by atoms with Gasteiger partial charge in [-0.15, -0.1) is 16.8 Å². The highest BCUT2D eigenvalue weighted by Gasteiger charge is 2.16. The standard InChI is InChI=1S/C23H25IN4O2S/c1-5-12-28-22(16-6-9-18(30-4)10-7-16)26-27-23(28)31-14-21(29)25-20-11-8-17(24)13-19(20)15(2)3/h5-11,13,15H,1,12,14H2,2-4H3,(H,25,29). The maximum Gasteiger partial charge on any atom is 0.234 e. The fraction of sp³-hybridized carbons (Fsp3) is 0.261. The van der Waals surface area contributed by atoms with Crippen molar-refractivity contribution in [1.29, 1.82) is 0 Å². The molecule has 0 saturated carbocycles. The third kappa shape index (κ3) is 5.88. The van der Waals surface area contributed by atoms with Gasteiger partial charge in [0.2, 0.25) is 5.91 Å². The maximum absolute atomic E-state index is 12.6. The van der Waals surface area contributed by atoms with Crippen LogP contribution in [0.1, 0.15) is 25.3 Å². The van der Waals surface area contributed by atoms with Crippen LogP contribution in [-0.2, 0) is 11.3 Å². The molecule has 0 fully saturated rings. The molecule has 0 bridgehead atoms. The quantitative estimate of drug-likeness (QED) is 0.214. The number of aromatic nitrogens is 3. The second-order valence-electron chi connectivity index (χ2n) is 7.16. The Morgan fingerprint density at radius 2 is 2.00 bits per heavy atom. The van der Waals surface area contributed by atoms with Gasteiger partial charge in [0.15, 0.2) is 11.0 Å². The number of nitrogens with zero attached hydrogens (tertiary/aromatic N) is 3. The van der Waals surface area contributed by atoms with E-state index < -0.39 is 0 Å². The molecule has 1 aromatic heterocycles. The second kappa shape index (κ2) is 10.8. The van der Waals surface area contributed by atoms with Gasteiger partial charge in [-0.25, -0.2) is 0 Å². The fourth-order valence-electron chi connectivity index (χ4n) is 3.08. The summed E-state index contributed by atoms with van der Waals surface area (Å²) < 4.78 is 8.33. The van der Waals surface area contributed by atoms with Crippen LogP contribution in [0.5, 0.6) is 5.75 Å². The minimum atomic E-state index is -0.0766. The summed E-state index contributed by atoms with van der Waals surface area (Å²) in [5.74, 6) is 1.99. The van der Waals surface area contributed by atoms with E-state index in [4.69, 9.17) is 4.74 Å². The van der Waals surface area contributed by atoms with E-state index in [-0.39, 0.29) is 11.7 Å². The van der Waals surface area contributed by atoms with Crippen LogP contribution in [0.4, 0.5) is 5.69 Å². The van der Waals surface area contributed by atoms with Crippen molar-refractivity contribution in [3.63, 3.8) is 0 Å². The number of anilines is 1. The normalized spacial score (nSPS) is 10.9. The highest BCUT2D eigenvalue weighted by Crippen LogP contribution is 2.28. The molecule has 0 atom stereocenters. The van der Waals surface area contributed by atoms with Gasteiger partial charge in [0.25, 0.3) is 0 Å². The molecule has 1 heterocycles. The molecule has 8 heteroatoms. The van der Waals surface area contributed by atoms with Gasteiger partial charge in [-0.2, -0.15) is 0 Å². The lowest BCUT2D eigenvalue weighted by molar-refractivity contribution is -0.113. The molecule has 1 amide bonds. The molecule has 162 valence electrons. The number of carbonyl (C=O) groups is 1. The molecule has 3 rings (SSSR count). The first-order chi connectivity index (χ1) is 14.9. The van der Waals surface area contributed by atoms with E-state index in [1.807, 2.05) is 41.0 Å². The number of halogens is 1. The lowest BCUT2D eigenvalue weighted by atomic mass is 10.0. The average molecular weight is 548 g/mol. The van der Waals surface area contributed by atoms with E-state index in [2.05, 4.69) is 64.6 Å².